The van der Waals surface area contributed by atoms with Crippen LogP contribution in [0.4, 0.5) is 0 Å². The van der Waals surface area contributed by atoms with Gasteiger partial charge in [0.1, 0.15) is 0 Å². The summed E-state index contributed by atoms with van der Waals surface area (Å²) in [5, 5.41) is 10.1. The largest absolute Gasteiger partial charge is 0.391 e. The van der Waals surface area contributed by atoms with Gasteiger partial charge in [0.25, 0.3) is 0 Å². The van der Waals surface area contributed by atoms with Crippen molar-refractivity contribution in [3.05, 3.63) is 0 Å². The first kappa shape index (κ1) is 12.4. The molecule has 0 bridgehead atoms. The average Bonchev–Trinajstić information content (AvgIpc) is 2.26. The molecule has 2 heteroatoms. The third kappa shape index (κ3) is 2.98. The first-order chi connectivity index (χ1) is 7.58. The zero-order valence-electron chi connectivity index (χ0n) is 10.9. The molecule has 0 amide bonds. The predicted molar refractivity (Wildman–Crippen MR) is 67.4 cm³/mol. The lowest BCUT2D eigenvalue weighted by atomic mass is 9.79. The van der Waals surface area contributed by atoms with Gasteiger partial charge >= 0.3 is 0 Å². The van der Waals surface area contributed by atoms with Crippen molar-refractivity contribution in [3.63, 3.8) is 0 Å². The van der Waals surface area contributed by atoms with E-state index in [0.29, 0.717) is 0 Å². The van der Waals surface area contributed by atoms with E-state index < -0.39 is 0 Å². The Labute approximate surface area is 100 Å². The van der Waals surface area contributed by atoms with Crippen LogP contribution < -0.4 is 0 Å². The number of hydrogen-bond donors (Lipinski definition) is 1. The van der Waals surface area contributed by atoms with Crippen molar-refractivity contribution >= 4 is 0 Å². The molecule has 1 saturated carbocycles. The number of likely N-dealkylation sites (tertiary alicyclic amines) is 1. The van der Waals surface area contributed by atoms with E-state index in [9.17, 15) is 5.11 Å². The van der Waals surface area contributed by atoms with Crippen molar-refractivity contribution in [1.29, 1.82) is 0 Å². The lowest BCUT2D eigenvalue weighted by Crippen LogP contribution is -2.49. The molecule has 2 nitrogen and oxygen atoms in total. The molecule has 2 fully saturated rings. The Hall–Kier alpha value is -0.0800. The van der Waals surface area contributed by atoms with Gasteiger partial charge < -0.3 is 10.0 Å². The summed E-state index contributed by atoms with van der Waals surface area (Å²) in [5.41, 5.74) is 0.128. The van der Waals surface area contributed by atoms with Gasteiger partial charge in [-0.2, -0.15) is 0 Å². The fourth-order valence-electron chi connectivity index (χ4n) is 3.10. The Morgan fingerprint density at radius 3 is 2.50 bits per heavy atom. The van der Waals surface area contributed by atoms with E-state index in [-0.39, 0.29) is 11.5 Å². The standard InChI is InChI=1S/C14H27NO/c1-14(2)8-9-15(11-13(14)16)10-12-6-4-3-5-7-12/h12-13,16H,3-11H2,1-2H3. The highest BCUT2D eigenvalue weighted by molar-refractivity contribution is 4.87. The summed E-state index contributed by atoms with van der Waals surface area (Å²) in [5.74, 6) is 0.905. The summed E-state index contributed by atoms with van der Waals surface area (Å²) in [6, 6.07) is 0. The molecule has 1 unspecified atom stereocenters. The van der Waals surface area contributed by atoms with Gasteiger partial charge in [0.05, 0.1) is 6.10 Å². The highest BCUT2D eigenvalue weighted by Crippen LogP contribution is 2.32. The molecule has 1 heterocycles. The third-order valence-electron chi connectivity index (χ3n) is 4.65. The highest BCUT2D eigenvalue weighted by atomic mass is 16.3. The Bertz CT molecular complexity index is 221. The quantitative estimate of drug-likeness (QED) is 0.781. The Balaban J connectivity index is 1.79. The topological polar surface area (TPSA) is 23.5 Å². The normalized spacial score (nSPS) is 32.8. The molecule has 1 aliphatic carbocycles. The SMILES string of the molecule is CC1(C)CCN(CC2CCCCC2)CC1O. The van der Waals surface area contributed by atoms with Crippen LogP contribution in [0.25, 0.3) is 0 Å². The lowest BCUT2D eigenvalue weighted by Gasteiger charge is -2.42. The number of aliphatic hydroxyl groups is 1. The number of aliphatic hydroxyl groups excluding tert-OH is 1. The number of rotatable bonds is 2. The molecule has 1 N–H and O–H groups in total. The maximum atomic E-state index is 10.1. The third-order valence-corrected chi connectivity index (χ3v) is 4.65. The molecule has 2 rings (SSSR count). The molecular weight excluding hydrogens is 198 g/mol. The molecule has 1 saturated heterocycles. The second-order valence-electron chi connectivity index (χ2n) is 6.52. The van der Waals surface area contributed by atoms with Crippen LogP contribution in [0, 0.1) is 11.3 Å². The van der Waals surface area contributed by atoms with Crippen molar-refractivity contribution < 1.29 is 5.11 Å². The van der Waals surface area contributed by atoms with Crippen LogP contribution in [0.5, 0.6) is 0 Å². The smallest absolute Gasteiger partial charge is 0.0718 e. The number of nitrogens with zero attached hydrogens (tertiary/aromatic N) is 1. The summed E-state index contributed by atoms with van der Waals surface area (Å²) in [7, 11) is 0. The summed E-state index contributed by atoms with van der Waals surface area (Å²) in [6.45, 7) is 7.68. The van der Waals surface area contributed by atoms with Crippen molar-refractivity contribution in [2.24, 2.45) is 11.3 Å². The molecule has 1 atom stereocenters. The van der Waals surface area contributed by atoms with Crippen LogP contribution in [-0.4, -0.2) is 35.7 Å². The van der Waals surface area contributed by atoms with E-state index in [1.165, 1.54) is 45.2 Å². The van der Waals surface area contributed by atoms with Crippen molar-refractivity contribution in [2.45, 2.75) is 58.5 Å². The Morgan fingerprint density at radius 1 is 1.19 bits per heavy atom. The molecule has 1 aliphatic heterocycles. The zero-order valence-corrected chi connectivity index (χ0v) is 10.9. The molecule has 0 aromatic heterocycles. The van der Waals surface area contributed by atoms with E-state index in [2.05, 4.69) is 18.7 Å². The fraction of sp³-hybridized carbons (Fsp3) is 1.00. The number of piperidine rings is 1. The lowest BCUT2D eigenvalue weighted by molar-refractivity contribution is -0.0307. The van der Waals surface area contributed by atoms with Gasteiger partial charge in [0.15, 0.2) is 0 Å². The molecule has 2 aliphatic rings. The number of hydrogen-bond acceptors (Lipinski definition) is 2. The molecule has 94 valence electrons. The van der Waals surface area contributed by atoms with Gasteiger partial charge in [-0.15, -0.1) is 0 Å². The van der Waals surface area contributed by atoms with E-state index in [1.54, 1.807) is 0 Å². The van der Waals surface area contributed by atoms with E-state index >= 15 is 0 Å². The number of β-amino-alcohol motifs (C(OH)–C–C–N with tert-alkyl or cyclic N) is 1. The molecule has 0 radical (unpaired) electrons. The summed E-state index contributed by atoms with van der Waals surface area (Å²) < 4.78 is 0. The van der Waals surface area contributed by atoms with Gasteiger partial charge in [-0.25, -0.2) is 0 Å². The van der Waals surface area contributed by atoms with Gasteiger partial charge in [-0.3, -0.25) is 0 Å². The van der Waals surface area contributed by atoms with Crippen molar-refractivity contribution in [3.8, 4) is 0 Å². The van der Waals surface area contributed by atoms with Gasteiger partial charge in [0.2, 0.25) is 0 Å². The maximum absolute atomic E-state index is 10.1. The minimum absolute atomic E-state index is 0.128. The molecule has 16 heavy (non-hydrogen) atoms. The van der Waals surface area contributed by atoms with Crippen molar-refractivity contribution in [2.75, 3.05) is 19.6 Å². The zero-order chi connectivity index (χ0) is 11.6. The fourth-order valence-corrected chi connectivity index (χ4v) is 3.10. The summed E-state index contributed by atoms with van der Waals surface area (Å²) in [6.07, 6.45) is 8.11. The van der Waals surface area contributed by atoms with Crippen LogP contribution in [0.2, 0.25) is 0 Å². The van der Waals surface area contributed by atoms with Crippen molar-refractivity contribution in [1.82, 2.24) is 4.90 Å². The molecule has 0 aromatic carbocycles. The van der Waals surface area contributed by atoms with Crippen LogP contribution >= 0.6 is 0 Å². The second-order valence-corrected chi connectivity index (χ2v) is 6.52. The predicted octanol–water partition coefficient (Wildman–Crippen LogP) is 2.66. The molecule has 0 aromatic rings. The van der Waals surface area contributed by atoms with Crippen LogP contribution in [0.1, 0.15) is 52.4 Å². The Kier molecular flexibility index (Phi) is 3.91. The highest BCUT2D eigenvalue weighted by Gasteiger charge is 2.34. The van der Waals surface area contributed by atoms with Gasteiger partial charge in [-0.05, 0) is 37.1 Å². The Morgan fingerprint density at radius 2 is 1.88 bits per heavy atom. The van der Waals surface area contributed by atoms with E-state index in [4.69, 9.17) is 0 Å². The minimum atomic E-state index is -0.134. The van der Waals surface area contributed by atoms with E-state index in [1.807, 2.05) is 0 Å². The molecular formula is C14H27NO. The first-order valence-electron chi connectivity index (χ1n) is 6.98. The minimum Gasteiger partial charge on any atom is -0.391 e. The first-order valence-corrected chi connectivity index (χ1v) is 6.98. The van der Waals surface area contributed by atoms with Gasteiger partial charge in [-0.1, -0.05) is 33.1 Å². The maximum Gasteiger partial charge on any atom is 0.0718 e. The summed E-state index contributed by atoms with van der Waals surface area (Å²) >= 11 is 0. The monoisotopic (exact) mass is 225 g/mol. The summed E-state index contributed by atoms with van der Waals surface area (Å²) in [4.78, 5) is 2.49. The van der Waals surface area contributed by atoms with Gasteiger partial charge in [0, 0.05) is 13.1 Å². The van der Waals surface area contributed by atoms with E-state index in [0.717, 1.165) is 18.9 Å². The molecule has 0 spiro atoms. The van der Waals surface area contributed by atoms with Crippen LogP contribution in [0.15, 0.2) is 0 Å². The van der Waals surface area contributed by atoms with Crippen LogP contribution in [0.3, 0.4) is 0 Å². The van der Waals surface area contributed by atoms with Crippen LogP contribution in [-0.2, 0) is 0 Å². The second kappa shape index (κ2) is 5.05. The average molecular weight is 225 g/mol.